The number of methoxy groups -OCH3 is 1. The first-order chi connectivity index (χ1) is 4.39. The summed E-state index contributed by atoms with van der Waals surface area (Å²) in [5.41, 5.74) is 4.07. The fraction of sp³-hybridized carbons (Fsp3) is 0.833. The molecule has 0 aromatic heterocycles. The van der Waals surface area contributed by atoms with Crippen molar-refractivity contribution in [2.45, 2.75) is 25.5 Å². The van der Waals surface area contributed by atoms with E-state index in [1.807, 2.05) is 0 Å². The summed E-state index contributed by atoms with van der Waals surface area (Å²) in [5.74, 6) is -0.604. The van der Waals surface area contributed by atoms with E-state index < -0.39 is 17.6 Å². The summed E-state index contributed by atoms with van der Waals surface area (Å²) in [6.45, 7) is 2.91. The largest absolute Gasteiger partial charge is 0.468 e. The second-order valence-electron chi connectivity index (χ2n) is 2.65. The lowest BCUT2D eigenvalue weighted by molar-refractivity contribution is -0.147. The molecule has 0 radical (unpaired) electrons. The average Bonchev–Trinajstić information content (AvgIpc) is 1.83. The van der Waals surface area contributed by atoms with Gasteiger partial charge in [-0.3, -0.25) is 4.79 Å². The highest BCUT2D eigenvalue weighted by Gasteiger charge is 2.30. The number of rotatable bonds is 2. The molecule has 0 aliphatic carbocycles. The van der Waals surface area contributed by atoms with Crippen molar-refractivity contribution in [2.75, 3.05) is 7.11 Å². The van der Waals surface area contributed by atoms with Crippen molar-refractivity contribution >= 4 is 5.97 Å². The van der Waals surface area contributed by atoms with Gasteiger partial charge in [-0.05, 0) is 13.8 Å². The Bertz CT molecular complexity index is 127. The number of carbonyl (C=O) groups is 1. The summed E-state index contributed by atoms with van der Waals surface area (Å²) in [6.07, 6.45) is 0. The Morgan fingerprint density at radius 2 is 2.10 bits per heavy atom. The first-order valence-corrected chi connectivity index (χ1v) is 2.95. The third kappa shape index (κ3) is 2.33. The van der Waals surface area contributed by atoms with Gasteiger partial charge in [-0.15, -0.1) is 0 Å². The smallest absolute Gasteiger partial charge is 0.325 e. The highest BCUT2D eigenvalue weighted by molar-refractivity contribution is 5.76. The van der Waals surface area contributed by atoms with Crippen molar-refractivity contribution in [3.05, 3.63) is 0 Å². The van der Waals surface area contributed by atoms with Crippen LogP contribution in [-0.4, -0.2) is 29.8 Å². The van der Waals surface area contributed by atoms with Crippen molar-refractivity contribution in [1.82, 2.24) is 0 Å². The third-order valence-electron chi connectivity index (χ3n) is 1.22. The Kier molecular flexibility index (Phi) is 2.80. The summed E-state index contributed by atoms with van der Waals surface area (Å²) in [4.78, 5) is 10.7. The zero-order chi connectivity index (χ0) is 8.36. The third-order valence-corrected chi connectivity index (χ3v) is 1.22. The van der Waals surface area contributed by atoms with Gasteiger partial charge in [0, 0.05) is 0 Å². The van der Waals surface area contributed by atoms with Gasteiger partial charge in [0.25, 0.3) is 0 Å². The van der Waals surface area contributed by atoms with Crippen LogP contribution in [0.1, 0.15) is 13.8 Å². The lowest BCUT2D eigenvalue weighted by Crippen LogP contribution is -2.49. The van der Waals surface area contributed by atoms with E-state index in [2.05, 4.69) is 4.74 Å². The second-order valence-corrected chi connectivity index (χ2v) is 2.65. The molecule has 10 heavy (non-hydrogen) atoms. The standard InChI is InChI=1S/C6H13NO3/c1-6(2,9)4(7)5(8)10-3/h4,9H,7H2,1-3H3. The molecule has 0 heterocycles. The highest BCUT2D eigenvalue weighted by Crippen LogP contribution is 2.06. The molecule has 0 fully saturated rings. The zero-order valence-corrected chi connectivity index (χ0v) is 6.42. The van der Waals surface area contributed by atoms with E-state index in [4.69, 9.17) is 10.8 Å². The van der Waals surface area contributed by atoms with Gasteiger partial charge >= 0.3 is 5.97 Å². The Morgan fingerprint density at radius 1 is 1.70 bits per heavy atom. The molecule has 0 aromatic carbocycles. The van der Waals surface area contributed by atoms with Crippen molar-refractivity contribution < 1.29 is 14.6 Å². The minimum atomic E-state index is -1.22. The molecule has 1 unspecified atom stereocenters. The van der Waals surface area contributed by atoms with E-state index in [9.17, 15) is 4.79 Å². The van der Waals surface area contributed by atoms with Crippen LogP contribution in [0.4, 0.5) is 0 Å². The normalized spacial score (nSPS) is 14.5. The van der Waals surface area contributed by atoms with Gasteiger partial charge in [-0.1, -0.05) is 0 Å². The molecule has 1 atom stereocenters. The molecular weight excluding hydrogens is 134 g/mol. The molecule has 0 aliphatic heterocycles. The first-order valence-electron chi connectivity index (χ1n) is 2.95. The maximum Gasteiger partial charge on any atom is 0.325 e. The van der Waals surface area contributed by atoms with Gasteiger partial charge in [-0.2, -0.15) is 0 Å². The first kappa shape index (κ1) is 9.39. The van der Waals surface area contributed by atoms with E-state index in [0.29, 0.717) is 0 Å². The molecule has 60 valence electrons. The number of hydrogen-bond donors (Lipinski definition) is 2. The molecule has 0 bridgehead atoms. The Morgan fingerprint density at radius 3 is 2.20 bits per heavy atom. The van der Waals surface area contributed by atoms with Crippen molar-refractivity contribution in [1.29, 1.82) is 0 Å². The zero-order valence-electron chi connectivity index (χ0n) is 6.42. The molecule has 0 saturated heterocycles. The number of carbonyl (C=O) groups excluding carboxylic acids is 1. The molecule has 4 nitrogen and oxygen atoms in total. The Balaban J connectivity index is 4.08. The predicted octanol–water partition coefficient (Wildman–Crippen LogP) is -0.742. The number of ether oxygens (including phenoxy) is 1. The van der Waals surface area contributed by atoms with E-state index in [1.165, 1.54) is 21.0 Å². The van der Waals surface area contributed by atoms with Gasteiger partial charge in [-0.25, -0.2) is 0 Å². The molecule has 4 heteroatoms. The molecule has 0 rings (SSSR count). The maximum atomic E-state index is 10.7. The monoisotopic (exact) mass is 147 g/mol. The molecule has 0 aliphatic rings. The van der Waals surface area contributed by atoms with Gasteiger partial charge in [0.15, 0.2) is 0 Å². The van der Waals surface area contributed by atoms with Crippen LogP contribution >= 0.6 is 0 Å². The van der Waals surface area contributed by atoms with E-state index in [-0.39, 0.29) is 0 Å². The minimum absolute atomic E-state index is 0.604. The van der Waals surface area contributed by atoms with Crippen molar-refractivity contribution in [3.8, 4) is 0 Å². The van der Waals surface area contributed by atoms with Gasteiger partial charge in [0.1, 0.15) is 6.04 Å². The van der Waals surface area contributed by atoms with Crippen LogP contribution in [0, 0.1) is 0 Å². The highest BCUT2D eigenvalue weighted by atomic mass is 16.5. The van der Waals surface area contributed by atoms with Gasteiger partial charge in [0.05, 0.1) is 12.7 Å². The Hall–Kier alpha value is -0.610. The van der Waals surface area contributed by atoms with Crippen molar-refractivity contribution in [2.24, 2.45) is 5.73 Å². The predicted molar refractivity (Wildman–Crippen MR) is 36.3 cm³/mol. The summed E-state index contributed by atoms with van der Waals surface area (Å²) in [5, 5.41) is 9.16. The minimum Gasteiger partial charge on any atom is -0.468 e. The number of aliphatic hydroxyl groups is 1. The number of hydrogen-bond acceptors (Lipinski definition) is 4. The summed E-state index contributed by atoms with van der Waals surface area (Å²) >= 11 is 0. The average molecular weight is 147 g/mol. The van der Waals surface area contributed by atoms with E-state index in [0.717, 1.165) is 0 Å². The van der Waals surface area contributed by atoms with Crippen LogP contribution in [-0.2, 0) is 9.53 Å². The van der Waals surface area contributed by atoms with Crippen LogP contribution in [0.25, 0.3) is 0 Å². The van der Waals surface area contributed by atoms with Crippen LogP contribution in [0.2, 0.25) is 0 Å². The van der Waals surface area contributed by atoms with Gasteiger partial charge in [0.2, 0.25) is 0 Å². The molecule has 0 spiro atoms. The molecule has 0 saturated carbocycles. The molecule has 0 aromatic rings. The van der Waals surface area contributed by atoms with E-state index >= 15 is 0 Å². The van der Waals surface area contributed by atoms with Crippen LogP contribution in [0.15, 0.2) is 0 Å². The van der Waals surface area contributed by atoms with Crippen LogP contribution in [0.5, 0.6) is 0 Å². The topological polar surface area (TPSA) is 72.5 Å². The van der Waals surface area contributed by atoms with Gasteiger partial charge < -0.3 is 15.6 Å². The van der Waals surface area contributed by atoms with E-state index in [1.54, 1.807) is 0 Å². The van der Waals surface area contributed by atoms with Crippen LogP contribution in [0.3, 0.4) is 0 Å². The molecular formula is C6H13NO3. The summed E-state index contributed by atoms with van der Waals surface area (Å²) in [6, 6.07) is -0.975. The maximum absolute atomic E-state index is 10.7. The summed E-state index contributed by atoms with van der Waals surface area (Å²) in [7, 11) is 1.23. The van der Waals surface area contributed by atoms with Crippen LogP contribution < -0.4 is 5.73 Å². The molecule has 0 amide bonds. The number of nitrogens with two attached hydrogens (primary N) is 1. The Labute approximate surface area is 60.0 Å². The lowest BCUT2D eigenvalue weighted by Gasteiger charge is -2.22. The van der Waals surface area contributed by atoms with Crippen molar-refractivity contribution in [3.63, 3.8) is 0 Å². The fourth-order valence-corrected chi connectivity index (χ4v) is 0.415. The lowest BCUT2D eigenvalue weighted by atomic mass is 10.0. The number of esters is 1. The summed E-state index contributed by atoms with van der Waals surface area (Å²) < 4.78 is 4.31. The molecule has 3 N–H and O–H groups in total. The SMILES string of the molecule is COC(=O)C(N)C(C)(C)O. The fourth-order valence-electron chi connectivity index (χ4n) is 0.415. The second kappa shape index (κ2) is 2.98. The quantitative estimate of drug-likeness (QED) is 0.504.